The van der Waals surface area contributed by atoms with E-state index in [1.807, 2.05) is 13.8 Å². The number of nitrogens with two attached hydrogens (primary N) is 1. The van der Waals surface area contributed by atoms with E-state index in [0.29, 0.717) is 12.2 Å². The highest BCUT2D eigenvalue weighted by molar-refractivity contribution is 5.35. The molecule has 0 aliphatic heterocycles. The zero-order chi connectivity index (χ0) is 12.8. The molecule has 2 atom stereocenters. The van der Waals surface area contributed by atoms with Gasteiger partial charge >= 0.3 is 0 Å². The number of halogens is 1. The summed E-state index contributed by atoms with van der Waals surface area (Å²) in [6.45, 7) is 7.56. The lowest BCUT2D eigenvalue weighted by Gasteiger charge is -2.16. The Kier molecular flexibility index (Phi) is 5.16. The molecule has 0 aromatic heterocycles. The minimum Gasteiger partial charge on any atom is -0.486 e. The van der Waals surface area contributed by atoms with Crippen molar-refractivity contribution in [2.75, 3.05) is 0 Å². The van der Waals surface area contributed by atoms with Gasteiger partial charge in [0.25, 0.3) is 0 Å². The number of benzene rings is 1. The van der Waals surface area contributed by atoms with Crippen LogP contribution in [-0.4, -0.2) is 12.1 Å². The number of hydrogen-bond donors (Lipinski definition) is 1. The molecule has 2 unspecified atom stereocenters. The van der Waals surface area contributed by atoms with Crippen molar-refractivity contribution in [2.24, 2.45) is 5.73 Å². The van der Waals surface area contributed by atoms with Gasteiger partial charge in [-0.3, -0.25) is 0 Å². The van der Waals surface area contributed by atoms with Gasteiger partial charge in [0.2, 0.25) is 0 Å². The molecule has 2 N–H and O–H groups in total. The first-order valence-electron chi connectivity index (χ1n) is 5.90. The van der Waals surface area contributed by atoms with Crippen molar-refractivity contribution in [2.45, 2.75) is 38.8 Å². The molecule has 0 aliphatic carbocycles. The highest BCUT2D eigenvalue weighted by Crippen LogP contribution is 2.22. The first-order chi connectivity index (χ1) is 8.06. The second kappa shape index (κ2) is 6.40. The lowest BCUT2D eigenvalue weighted by Crippen LogP contribution is -2.22. The van der Waals surface area contributed by atoms with Gasteiger partial charge in [-0.15, -0.1) is 0 Å². The summed E-state index contributed by atoms with van der Waals surface area (Å²) >= 11 is 0. The standard InChI is InChI=1S/C14H20FNO/c1-4-10(3)17-14-7-6-12(15)8-11(14)9-13(16)5-2/h4,6-8,10,13H,1,5,9,16H2,2-3H3. The fourth-order valence-electron chi connectivity index (χ4n) is 1.50. The summed E-state index contributed by atoms with van der Waals surface area (Å²) < 4.78 is 18.9. The van der Waals surface area contributed by atoms with E-state index >= 15 is 0 Å². The van der Waals surface area contributed by atoms with Gasteiger partial charge in [-0.25, -0.2) is 4.39 Å². The van der Waals surface area contributed by atoms with Crippen molar-refractivity contribution in [3.8, 4) is 5.75 Å². The molecule has 1 rings (SSSR count). The second-order valence-corrected chi connectivity index (χ2v) is 4.18. The molecule has 0 bridgehead atoms. The Labute approximate surface area is 102 Å². The van der Waals surface area contributed by atoms with E-state index in [0.717, 1.165) is 12.0 Å². The summed E-state index contributed by atoms with van der Waals surface area (Å²) in [4.78, 5) is 0. The Morgan fingerprint density at radius 2 is 2.24 bits per heavy atom. The van der Waals surface area contributed by atoms with Crippen LogP contribution < -0.4 is 10.5 Å². The van der Waals surface area contributed by atoms with E-state index in [1.54, 1.807) is 12.1 Å². The van der Waals surface area contributed by atoms with E-state index in [4.69, 9.17) is 10.5 Å². The highest BCUT2D eigenvalue weighted by Gasteiger charge is 2.10. The fourth-order valence-corrected chi connectivity index (χ4v) is 1.50. The second-order valence-electron chi connectivity index (χ2n) is 4.18. The smallest absolute Gasteiger partial charge is 0.123 e. The zero-order valence-electron chi connectivity index (χ0n) is 10.4. The maximum atomic E-state index is 13.2. The van der Waals surface area contributed by atoms with Crippen LogP contribution in [0.1, 0.15) is 25.8 Å². The van der Waals surface area contributed by atoms with Crippen LogP contribution in [0.25, 0.3) is 0 Å². The molecule has 0 heterocycles. The van der Waals surface area contributed by atoms with Crippen molar-refractivity contribution in [3.63, 3.8) is 0 Å². The van der Waals surface area contributed by atoms with Gasteiger partial charge in [0.05, 0.1) is 0 Å². The van der Waals surface area contributed by atoms with E-state index < -0.39 is 0 Å². The lowest BCUT2D eigenvalue weighted by atomic mass is 10.0. The van der Waals surface area contributed by atoms with Crippen molar-refractivity contribution < 1.29 is 9.13 Å². The Hall–Kier alpha value is -1.35. The van der Waals surface area contributed by atoms with Gasteiger partial charge in [0, 0.05) is 6.04 Å². The Morgan fingerprint density at radius 3 is 2.82 bits per heavy atom. The molecule has 0 aliphatic rings. The number of hydrogen-bond acceptors (Lipinski definition) is 2. The van der Waals surface area contributed by atoms with Gasteiger partial charge in [-0.1, -0.05) is 19.6 Å². The first-order valence-corrected chi connectivity index (χ1v) is 5.90. The third-order valence-electron chi connectivity index (χ3n) is 2.67. The van der Waals surface area contributed by atoms with E-state index in [-0.39, 0.29) is 18.0 Å². The molecule has 1 aromatic carbocycles. The highest BCUT2D eigenvalue weighted by atomic mass is 19.1. The normalized spacial score (nSPS) is 14.1. The summed E-state index contributed by atoms with van der Waals surface area (Å²) in [6.07, 6.45) is 3.07. The minimum absolute atomic E-state index is 0.0261. The van der Waals surface area contributed by atoms with Crippen LogP contribution in [0.2, 0.25) is 0 Å². The molecule has 1 aromatic rings. The maximum Gasteiger partial charge on any atom is 0.123 e. The monoisotopic (exact) mass is 237 g/mol. The van der Waals surface area contributed by atoms with Gasteiger partial charge in [0.1, 0.15) is 17.7 Å². The Balaban J connectivity index is 2.90. The van der Waals surface area contributed by atoms with Crippen LogP contribution in [0.15, 0.2) is 30.9 Å². The number of ether oxygens (including phenoxy) is 1. The minimum atomic E-state index is -0.262. The molecular weight excluding hydrogens is 217 g/mol. The predicted molar refractivity (Wildman–Crippen MR) is 68.7 cm³/mol. The van der Waals surface area contributed by atoms with Gasteiger partial charge in [-0.05, 0) is 43.5 Å². The third-order valence-corrected chi connectivity index (χ3v) is 2.67. The molecule has 3 heteroatoms. The molecule has 2 nitrogen and oxygen atoms in total. The van der Waals surface area contributed by atoms with Crippen LogP contribution in [0.4, 0.5) is 4.39 Å². The van der Waals surface area contributed by atoms with Crippen molar-refractivity contribution in [3.05, 3.63) is 42.2 Å². The van der Waals surface area contributed by atoms with Crippen LogP contribution >= 0.6 is 0 Å². The quantitative estimate of drug-likeness (QED) is 0.772. The zero-order valence-corrected chi connectivity index (χ0v) is 10.4. The summed E-state index contributed by atoms with van der Waals surface area (Å²) in [5.74, 6) is 0.421. The predicted octanol–water partition coefficient (Wildman–Crippen LogP) is 3.06. The van der Waals surface area contributed by atoms with Gasteiger partial charge < -0.3 is 10.5 Å². The fraction of sp³-hybridized carbons (Fsp3) is 0.429. The SMILES string of the molecule is C=CC(C)Oc1ccc(F)cc1CC(N)CC. The Morgan fingerprint density at radius 1 is 1.53 bits per heavy atom. The molecule has 94 valence electrons. The third kappa shape index (κ3) is 4.19. The molecule has 0 spiro atoms. The van der Waals surface area contributed by atoms with Crippen molar-refractivity contribution in [1.29, 1.82) is 0 Å². The molecule has 0 fully saturated rings. The Bertz CT molecular complexity index is 378. The van der Waals surface area contributed by atoms with Crippen molar-refractivity contribution >= 4 is 0 Å². The molecular formula is C14H20FNO. The number of rotatable bonds is 6. The maximum absolute atomic E-state index is 13.2. The molecule has 0 saturated carbocycles. The molecule has 0 radical (unpaired) electrons. The first kappa shape index (κ1) is 13.7. The van der Waals surface area contributed by atoms with E-state index in [9.17, 15) is 4.39 Å². The molecule has 17 heavy (non-hydrogen) atoms. The van der Waals surface area contributed by atoms with Crippen LogP contribution in [0.5, 0.6) is 5.75 Å². The van der Waals surface area contributed by atoms with Gasteiger partial charge in [0.15, 0.2) is 0 Å². The largest absolute Gasteiger partial charge is 0.486 e. The molecule has 0 saturated heterocycles. The summed E-state index contributed by atoms with van der Waals surface area (Å²) in [7, 11) is 0. The van der Waals surface area contributed by atoms with E-state index in [2.05, 4.69) is 6.58 Å². The average molecular weight is 237 g/mol. The van der Waals surface area contributed by atoms with Gasteiger partial charge in [-0.2, -0.15) is 0 Å². The van der Waals surface area contributed by atoms with Crippen molar-refractivity contribution in [1.82, 2.24) is 0 Å². The molecule has 0 amide bonds. The lowest BCUT2D eigenvalue weighted by molar-refractivity contribution is 0.266. The summed E-state index contributed by atoms with van der Waals surface area (Å²) in [5.41, 5.74) is 6.70. The topological polar surface area (TPSA) is 35.2 Å². The summed E-state index contributed by atoms with van der Waals surface area (Å²) in [5, 5.41) is 0. The summed E-state index contributed by atoms with van der Waals surface area (Å²) in [6, 6.07) is 4.55. The van der Waals surface area contributed by atoms with Crippen LogP contribution in [0.3, 0.4) is 0 Å². The van der Waals surface area contributed by atoms with Crippen LogP contribution in [-0.2, 0) is 6.42 Å². The average Bonchev–Trinajstić information content (AvgIpc) is 2.32. The van der Waals surface area contributed by atoms with Crippen LogP contribution in [0, 0.1) is 5.82 Å². The van der Waals surface area contributed by atoms with E-state index in [1.165, 1.54) is 12.1 Å².